The lowest BCUT2D eigenvalue weighted by Gasteiger charge is -2.11. The molecule has 4 heteroatoms. The third-order valence-electron chi connectivity index (χ3n) is 2.86. The lowest BCUT2D eigenvalue weighted by Crippen LogP contribution is -2.28. The highest BCUT2D eigenvalue weighted by molar-refractivity contribution is 5.96. The number of carbonyl (C=O) groups excluding carboxylic acids is 1. The maximum Gasteiger partial charge on any atom is 0.252 e. The predicted molar refractivity (Wildman–Crippen MR) is 74.1 cm³/mol. The Morgan fingerprint density at radius 2 is 2.26 bits per heavy atom. The van der Waals surface area contributed by atoms with Crippen LogP contribution in [0.25, 0.3) is 0 Å². The van der Waals surface area contributed by atoms with Crippen molar-refractivity contribution in [2.24, 2.45) is 11.7 Å². The molecular formula is C15H19FN2O. The van der Waals surface area contributed by atoms with E-state index in [1.807, 2.05) is 0 Å². The SMILES string of the molecule is CCC(C)CNC(=O)c1ccc(F)cc1C#CCN. The number of rotatable bonds is 4. The molecule has 0 aliphatic rings. The van der Waals surface area contributed by atoms with Crippen molar-refractivity contribution >= 4 is 5.91 Å². The largest absolute Gasteiger partial charge is 0.352 e. The van der Waals surface area contributed by atoms with Gasteiger partial charge in [-0.2, -0.15) is 0 Å². The molecule has 19 heavy (non-hydrogen) atoms. The quantitative estimate of drug-likeness (QED) is 0.814. The van der Waals surface area contributed by atoms with E-state index >= 15 is 0 Å². The Hall–Kier alpha value is -1.86. The number of benzene rings is 1. The van der Waals surface area contributed by atoms with Crippen molar-refractivity contribution in [1.29, 1.82) is 0 Å². The second-order valence-electron chi connectivity index (χ2n) is 4.42. The van der Waals surface area contributed by atoms with Crippen molar-refractivity contribution in [1.82, 2.24) is 5.32 Å². The van der Waals surface area contributed by atoms with Crippen LogP contribution in [0.2, 0.25) is 0 Å². The molecule has 0 fully saturated rings. The smallest absolute Gasteiger partial charge is 0.252 e. The summed E-state index contributed by atoms with van der Waals surface area (Å²) in [7, 11) is 0. The van der Waals surface area contributed by atoms with Crippen LogP contribution in [0.1, 0.15) is 36.2 Å². The molecule has 0 aliphatic heterocycles. The third-order valence-corrected chi connectivity index (χ3v) is 2.86. The fraction of sp³-hybridized carbons (Fsp3) is 0.400. The maximum absolute atomic E-state index is 13.2. The third kappa shape index (κ3) is 4.72. The van der Waals surface area contributed by atoms with Gasteiger partial charge in [0.15, 0.2) is 0 Å². The van der Waals surface area contributed by atoms with Gasteiger partial charge >= 0.3 is 0 Å². The molecule has 0 aliphatic carbocycles. The Morgan fingerprint density at radius 1 is 1.53 bits per heavy atom. The average molecular weight is 262 g/mol. The molecule has 3 N–H and O–H groups in total. The number of hydrogen-bond acceptors (Lipinski definition) is 2. The van der Waals surface area contributed by atoms with E-state index < -0.39 is 5.82 Å². The first-order chi connectivity index (χ1) is 9.08. The molecule has 0 bridgehead atoms. The second kappa shape index (κ2) is 7.55. The number of hydrogen-bond donors (Lipinski definition) is 2. The minimum absolute atomic E-state index is 0.171. The zero-order chi connectivity index (χ0) is 14.3. The van der Waals surface area contributed by atoms with Gasteiger partial charge in [-0.15, -0.1) is 0 Å². The van der Waals surface area contributed by atoms with Crippen LogP contribution in [0.15, 0.2) is 18.2 Å². The predicted octanol–water partition coefficient (Wildman–Crippen LogP) is 1.91. The number of nitrogens with two attached hydrogens (primary N) is 1. The van der Waals surface area contributed by atoms with Crippen LogP contribution in [-0.2, 0) is 0 Å². The van der Waals surface area contributed by atoms with Crippen molar-refractivity contribution in [2.75, 3.05) is 13.1 Å². The normalized spacial score (nSPS) is 11.4. The van der Waals surface area contributed by atoms with Crippen LogP contribution < -0.4 is 11.1 Å². The summed E-state index contributed by atoms with van der Waals surface area (Å²) in [6, 6.07) is 3.95. The van der Waals surface area contributed by atoms with Crippen LogP contribution in [0.5, 0.6) is 0 Å². The first kappa shape index (κ1) is 15.2. The van der Waals surface area contributed by atoms with Crippen LogP contribution in [0, 0.1) is 23.6 Å². The lowest BCUT2D eigenvalue weighted by molar-refractivity contribution is 0.0947. The molecule has 0 aromatic heterocycles. The van der Waals surface area contributed by atoms with Crippen LogP contribution in [0.4, 0.5) is 4.39 Å². The summed E-state index contributed by atoms with van der Waals surface area (Å²) in [6.07, 6.45) is 0.990. The molecule has 1 aromatic rings. The van der Waals surface area contributed by atoms with Gasteiger partial charge in [0.1, 0.15) is 5.82 Å². The van der Waals surface area contributed by atoms with E-state index in [-0.39, 0.29) is 12.5 Å². The molecule has 1 rings (SSSR count). The van der Waals surface area contributed by atoms with Crippen molar-refractivity contribution in [2.45, 2.75) is 20.3 Å². The van der Waals surface area contributed by atoms with E-state index in [0.717, 1.165) is 6.42 Å². The van der Waals surface area contributed by atoms with Gasteiger partial charge in [-0.25, -0.2) is 4.39 Å². The summed E-state index contributed by atoms with van der Waals surface area (Å²) in [5.41, 5.74) is 6.04. The Morgan fingerprint density at radius 3 is 2.89 bits per heavy atom. The molecule has 1 unspecified atom stereocenters. The fourth-order valence-electron chi connectivity index (χ4n) is 1.47. The number of nitrogens with one attached hydrogen (secondary N) is 1. The Balaban J connectivity index is 2.89. The highest BCUT2D eigenvalue weighted by Crippen LogP contribution is 2.10. The van der Waals surface area contributed by atoms with Crippen molar-refractivity contribution < 1.29 is 9.18 Å². The fourth-order valence-corrected chi connectivity index (χ4v) is 1.47. The van der Waals surface area contributed by atoms with Crippen molar-refractivity contribution in [3.8, 4) is 11.8 Å². The molecular weight excluding hydrogens is 243 g/mol. The average Bonchev–Trinajstić information content (AvgIpc) is 2.42. The highest BCUT2D eigenvalue weighted by Gasteiger charge is 2.11. The van der Waals surface area contributed by atoms with E-state index in [0.29, 0.717) is 23.6 Å². The molecule has 1 aromatic carbocycles. The summed E-state index contributed by atoms with van der Waals surface area (Å²) in [5, 5.41) is 2.83. The Bertz CT molecular complexity index is 503. The van der Waals surface area contributed by atoms with Crippen LogP contribution in [0.3, 0.4) is 0 Å². The topological polar surface area (TPSA) is 55.1 Å². The number of amides is 1. The Kier molecular flexibility index (Phi) is 6.04. The highest BCUT2D eigenvalue weighted by atomic mass is 19.1. The van der Waals surface area contributed by atoms with Gasteiger partial charge < -0.3 is 11.1 Å². The molecule has 0 saturated heterocycles. The Labute approximate surface area is 113 Å². The summed E-state index contributed by atoms with van der Waals surface area (Å²) in [4.78, 5) is 12.0. The standard InChI is InChI=1S/C15H19FN2O/c1-3-11(2)10-18-15(19)14-7-6-13(16)9-12(14)5-4-8-17/h6-7,9,11H,3,8,10,17H2,1-2H3,(H,18,19). The summed E-state index contributed by atoms with van der Waals surface area (Å²) >= 11 is 0. The minimum Gasteiger partial charge on any atom is -0.352 e. The van der Waals surface area contributed by atoms with Gasteiger partial charge in [0.2, 0.25) is 0 Å². The van der Waals surface area contributed by atoms with E-state index in [4.69, 9.17) is 5.73 Å². The number of carbonyl (C=O) groups is 1. The van der Waals surface area contributed by atoms with Gasteiger partial charge in [-0.05, 0) is 24.1 Å². The summed E-state index contributed by atoms with van der Waals surface area (Å²) in [6.45, 7) is 4.88. The first-order valence-electron chi connectivity index (χ1n) is 6.35. The van der Waals surface area contributed by atoms with Gasteiger partial charge in [0, 0.05) is 12.1 Å². The van der Waals surface area contributed by atoms with Gasteiger partial charge in [0.05, 0.1) is 12.1 Å². The van der Waals surface area contributed by atoms with Crippen molar-refractivity contribution in [3.63, 3.8) is 0 Å². The molecule has 0 radical (unpaired) electrons. The zero-order valence-electron chi connectivity index (χ0n) is 11.3. The van der Waals surface area contributed by atoms with Gasteiger partial charge in [-0.1, -0.05) is 32.1 Å². The van der Waals surface area contributed by atoms with E-state index in [1.165, 1.54) is 18.2 Å². The number of halogens is 1. The molecule has 0 spiro atoms. The molecule has 0 saturated carbocycles. The summed E-state index contributed by atoms with van der Waals surface area (Å²) in [5.74, 6) is 5.11. The molecule has 3 nitrogen and oxygen atoms in total. The van der Waals surface area contributed by atoms with Crippen LogP contribution in [-0.4, -0.2) is 19.0 Å². The minimum atomic E-state index is -0.417. The van der Waals surface area contributed by atoms with Gasteiger partial charge in [-0.3, -0.25) is 4.79 Å². The van der Waals surface area contributed by atoms with Crippen molar-refractivity contribution in [3.05, 3.63) is 35.1 Å². The van der Waals surface area contributed by atoms with E-state index in [2.05, 4.69) is 31.0 Å². The van der Waals surface area contributed by atoms with Gasteiger partial charge in [0.25, 0.3) is 5.91 Å². The second-order valence-corrected chi connectivity index (χ2v) is 4.42. The zero-order valence-corrected chi connectivity index (χ0v) is 11.3. The molecule has 1 atom stereocenters. The van der Waals surface area contributed by atoms with E-state index in [9.17, 15) is 9.18 Å². The van der Waals surface area contributed by atoms with E-state index in [1.54, 1.807) is 0 Å². The molecule has 102 valence electrons. The molecule has 0 heterocycles. The first-order valence-corrected chi connectivity index (χ1v) is 6.35. The monoisotopic (exact) mass is 262 g/mol. The maximum atomic E-state index is 13.2. The summed E-state index contributed by atoms with van der Waals surface area (Å²) < 4.78 is 13.2. The molecule has 1 amide bonds. The van der Waals surface area contributed by atoms with Crippen LogP contribution >= 0.6 is 0 Å². The lowest BCUT2D eigenvalue weighted by atomic mass is 10.1.